The van der Waals surface area contributed by atoms with Crippen LogP contribution in [0.4, 0.5) is 13.2 Å². The van der Waals surface area contributed by atoms with Gasteiger partial charge in [0.15, 0.2) is 6.61 Å². The highest BCUT2D eigenvalue weighted by Gasteiger charge is 2.29. The summed E-state index contributed by atoms with van der Waals surface area (Å²) in [5.41, 5.74) is 3.78. The summed E-state index contributed by atoms with van der Waals surface area (Å²) in [6.45, 7) is -0.256. The average molecular weight is 398 g/mol. The first kappa shape index (κ1) is 20.1. The Kier molecular flexibility index (Phi) is 6.29. The predicted molar refractivity (Wildman–Crippen MR) is 105 cm³/mol. The van der Waals surface area contributed by atoms with Crippen LogP contribution in [0.15, 0.2) is 84.0 Å². The predicted octanol–water partition coefficient (Wildman–Crippen LogP) is 4.90. The standard InChI is InChI=1S/C22H17F3N2O2/c23-22(24,25)18-12-10-16(11-13-18)14-26-27-21(28)15-29-20-9-5-4-8-19(20)17-6-2-1-3-7-17/h1-14H,15H2,(H,27,28)/b26-14+. The van der Waals surface area contributed by atoms with E-state index in [-0.39, 0.29) is 6.61 Å². The fraction of sp³-hybridized carbons (Fsp3) is 0.0909. The van der Waals surface area contributed by atoms with Gasteiger partial charge in [0.25, 0.3) is 5.91 Å². The number of carbonyl (C=O) groups is 1. The van der Waals surface area contributed by atoms with Crippen LogP contribution in [-0.2, 0) is 11.0 Å². The van der Waals surface area contributed by atoms with Crippen LogP contribution in [0.1, 0.15) is 11.1 Å². The maximum atomic E-state index is 12.5. The molecule has 3 rings (SSSR count). The van der Waals surface area contributed by atoms with Gasteiger partial charge in [-0.05, 0) is 29.3 Å². The van der Waals surface area contributed by atoms with E-state index in [1.165, 1.54) is 18.3 Å². The first-order valence-corrected chi connectivity index (χ1v) is 8.70. The second-order valence-corrected chi connectivity index (χ2v) is 6.06. The van der Waals surface area contributed by atoms with Gasteiger partial charge < -0.3 is 4.74 Å². The van der Waals surface area contributed by atoms with E-state index in [0.29, 0.717) is 11.3 Å². The molecule has 3 aromatic rings. The number of nitrogens with one attached hydrogen (secondary N) is 1. The Hall–Kier alpha value is -3.61. The molecule has 3 aromatic carbocycles. The maximum absolute atomic E-state index is 12.5. The lowest BCUT2D eigenvalue weighted by Gasteiger charge is -2.10. The third-order valence-electron chi connectivity index (χ3n) is 3.97. The molecule has 0 saturated carbocycles. The Morgan fingerprint density at radius 2 is 1.59 bits per heavy atom. The molecule has 0 saturated heterocycles. The van der Waals surface area contributed by atoms with Crippen molar-refractivity contribution >= 4 is 12.1 Å². The van der Waals surface area contributed by atoms with Crippen molar-refractivity contribution < 1.29 is 22.7 Å². The number of benzene rings is 3. The van der Waals surface area contributed by atoms with E-state index in [1.807, 2.05) is 48.5 Å². The Labute approximate surface area is 165 Å². The van der Waals surface area contributed by atoms with Crippen molar-refractivity contribution in [3.05, 3.63) is 90.0 Å². The van der Waals surface area contributed by atoms with Gasteiger partial charge >= 0.3 is 6.18 Å². The molecule has 0 radical (unpaired) electrons. The average Bonchev–Trinajstić information content (AvgIpc) is 2.73. The maximum Gasteiger partial charge on any atom is 0.416 e. The number of rotatable bonds is 6. The number of hydrogen-bond acceptors (Lipinski definition) is 3. The van der Waals surface area contributed by atoms with Gasteiger partial charge in [0, 0.05) is 5.56 Å². The zero-order chi connectivity index (χ0) is 20.7. The molecule has 0 aliphatic rings. The van der Waals surface area contributed by atoms with E-state index in [4.69, 9.17) is 4.74 Å². The number of halogens is 3. The molecule has 0 heterocycles. The minimum atomic E-state index is -4.39. The smallest absolute Gasteiger partial charge is 0.416 e. The third-order valence-corrected chi connectivity index (χ3v) is 3.97. The Bertz CT molecular complexity index is 985. The molecule has 0 aromatic heterocycles. The molecule has 0 spiro atoms. The number of nitrogens with zero attached hydrogens (tertiary/aromatic N) is 1. The quantitative estimate of drug-likeness (QED) is 0.474. The highest BCUT2D eigenvalue weighted by molar-refractivity contribution is 5.83. The Morgan fingerprint density at radius 1 is 0.931 bits per heavy atom. The highest BCUT2D eigenvalue weighted by Crippen LogP contribution is 2.30. The van der Waals surface area contributed by atoms with Crippen molar-refractivity contribution in [3.63, 3.8) is 0 Å². The fourth-order valence-electron chi connectivity index (χ4n) is 2.56. The van der Waals surface area contributed by atoms with E-state index >= 15 is 0 Å². The van der Waals surface area contributed by atoms with Crippen molar-refractivity contribution in [2.75, 3.05) is 6.61 Å². The lowest BCUT2D eigenvalue weighted by atomic mass is 10.1. The Morgan fingerprint density at radius 3 is 2.28 bits per heavy atom. The molecule has 0 unspecified atom stereocenters. The van der Waals surface area contributed by atoms with Gasteiger partial charge in [-0.3, -0.25) is 4.79 Å². The van der Waals surface area contributed by atoms with Crippen LogP contribution in [0.3, 0.4) is 0 Å². The van der Waals surface area contributed by atoms with E-state index in [9.17, 15) is 18.0 Å². The van der Waals surface area contributed by atoms with E-state index < -0.39 is 17.6 Å². The molecule has 1 N–H and O–H groups in total. The molecule has 0 bridgehead atoms. The minimum absolute atomic E-state index is 0.256. The molecule has 0 fully saturated rings. The monoisotopic (exact) mass is 398 g/mol. The number of hydrazone groups is 1. The first-order valence-electron chi connectivity index (χ1n) is 8.70. The molecule has 7 heteroatoms. The molecule has 0 atom stereocenters. The van der Waals surface area contributed by atoms with Gasteiger partial charge in [-0.2, -0.15) is 18.3 Å². The van der Waals surface area contributed by atoms with Crippen LogP contribution < -0.4 is 10.2 Å². The van der Waals surface area contributed by atoms with Crippen LogP contribution >= 0.6 is 0 Å². The second kappa shape index (κ2) is 9.05. The number of carbonyl (C=O) groups excluding carboxylic acids is 1. The SMILES string of the molecule is O=C(COc1ccccc1-c1ccccc1)N/N=C/c1ccc(C(F)(F)F)cc1. The van der Waals surface area contributed by atoms with Crippen molar-refractivity contribution in [3.8, 4) is 16.9 Å². The largest absolute Gasteiger partial charge is 0.483 e. The van der Waals surface area contributed by atoms with Gasteiger partial charge in [0.05, 0.1) is 11.8 Å². The number of hydrogen-bond donors (Lipinski definition) is 1. The number of ether oxygens (including phenoxy) is 1. The van der Waals surface area contributed by atoms with Crippen LogP contribution in [0.25, 0.3) is 11.1 Å². The van der Waals surface area contributed by atoms with Gasteiger partial charge in [-0.15, -0.1) is 0 Å². The molecule has 0 aliphatic carbocycles. The van der Waals surface area contributed by atoms with Crippen molar-refractivity contribution in [2.24, 2.45) is 5.10 Å². The van der Waals surface area contributed by atoms with Gasteiger partial charge in [0.2, 0.25) is 0 Å². The van der Waals surface area contributed by atoms with Crippen LogP contribution in [0.2, 0.25) is 0 Å². The summed E-state index contributed by atoms with van der Waals surface area (Å²) < 4.78 is 43.2. The van der Waals surface area contributed by atoms with Gasteiger partial charge in [-0.1, -0.05) is 60.7 Å². The summed E-state index contributed by atoms with van der Waals surface area (Å²) in [6.07, 6.45) is -3.13. The molecule has 148 valence electrons. The van der Waals surface area contributed by atoms with E-state index in [0.717, 1.165) is 23.3 Å². The lowest BCUT2D eigenvalue weighted by molar-refractivity contribution is -0.137. The van der Waals surface area contributed by atoms with Crippen LogP contribution in [0, 0.1) is 0 Å². The zero-order valence-electron chi connectivity index (χ0n) is 15.2. The highest BCUT2D eigenvalue weighted by atomic mass is 19.4. The Balaban J connectivity index is 1.55. The summed E-state index contributed by atoms with van der Waals surface area (Å²) in [7, 11) is 0. The first-order chi connectivity index (χ1) is 13.9. The lowest BCUT2D eigenvalue weighted by Crippen LogP contribution is -2.24. The molecule has 4 nitrogen and oxygen atoms in total. The second-order valence-electron chi connectivity index (χ2n) is 6.06. The van der Waals surface area contributed by atoms with Crippen LogP contribution in [-0.4, -0.2) is 18.7 Å². The van der Waals surface area contributed by atoms with Crippen LogP contribution in [0.5, 0.6) is 5.75 Å². The summed E-state index contributed by atoms with van der Waals surface area (Å²) in [6, 6.07) is 21.4. The summed E-state index contributed by atoms with van der Waals surface area (Å²) in [5, 5.41) is 3.74. The number of amides is 1. The van der Waals surface area contributed by atoms with E-state index in [2.05, 4.69) is 10.5 Å². The minimum Gasteiger partial charge on any atom is -0.483 e. The topological polar surface area (TPSA) is 50.7 Å². The number of para-hydroxylation sites is 1. The van der Waals surface area contributed by atoms with Gasteiger partial charge in [-0.25, -0.2) is 5.43 Å². The summed E-state index contributed by atoms with van der Waals surface area (Å²) in [4.78, 5) is 11.9. The third kappa shape index (κ3) is 5.68. The molecule has 1 amide bonds. The normalized spacial score (nSPS) is 11.4. The molecular weight excluding hydrogens is 381 g/mol. The van der Waals surface area contributed by atoms with Crippen molar-refractivity contribution in [2.45, 2.75) is 6.18 Å². The van der Waals surface area contributed by atoms with Crippen molar-refractivity contribution in [1.82, 2.24) is 5.43 Å². The summed E-state index contributed by atoms with van der Waals surface area (Å²) in [5.74, 6) is 0.0663. The molecular formula is C22H17F3N2O2. The van der Waals surface area contributed by atoms with E-state index in [1.54, 1.807) is 6.07 Å². The van der Waals surface area contributed by atoms with Crippen molar-refractivity contribution in [1.29, 1.82) is 0 Å². The fourth-order valence-corrected chi connectivity index (χ4v) is 2.56. The molecule has 0 aliphatic heterocycles. The zero-order valence-corrected chi connectivity index (χ0v) is 15.2. The number of alkyl halides is 3. The molecule has 29 heavy (non-hydrogen) atoms. The van der Waals surface area contributed by atoms with Gasteiger partial charge in [0.1, 0.15) is 5.75 Å². The summed E-state index contributed by atoms with van der Waals surface area (Å²) >= 11 is 0.